The van der Waals surface area contributed by atoms with E-state index in [1.54, 1.807) is 36.3 Å². The minimum Gasteiger partial charge on any atom is -0.497 e. The molecule has 0 saturated carbocycles. The number of fused-ring (bicyclic) bond motifs is 1. The van der Waals surface area contributed by atoms with E-state index in [0.717, 1.165) is 11.8 Å². The van der Waals surface area contributed by atoms with Gasteiger partial charge in [-0.05, 0) is 58.2 Å². The van der Waals surface area contributed by atoms with Crippen molar-refractivity contribution < 1.29 is 32.5 Å². The monoisotopic (exact) mass is 599 g/mol. The normalized spacial score (nSPS) is 12.7. The number of nitrogens with zero attached hydrogens (tertiary/aromatic N) is 5. The van der Waals surface area contributed by atoms with Crippen molar-refractivity contribution in [1.29, 1.82) is 0 Å². The van der Waals surface area contributed by atoms with Crippen LogP contribution in [0, 0.1) is 6.92 Å². The quantitative estimate of drug-likeness (QED) is 0.252. The van der Waals surface area contributed by atoms with Crippen molar-refractivity contribution in [3.8, 4) is 22.8 Å². The maximum Gasteiger partial charge on any atom is 0.433 e. The number of methoxy groups -OCH3 is 2. The smallest absolute Gasteiger partial charge is 0.433 e. The molecule has 0 aliphatic rings. The minimum atomic E-state index is -4.75. The van der Waals surface area contributed by atoms with Crippen molar-refractivity contribution in [1.82, 2.24) is 24.4 Å². The third kappa shape index (κ3) is 6.45. The highest BCUT2D eigenvalue weighted by molar-refractivity contribution is 6.00. The fourth-order valence-corrected chi connectivity index (χ4v) is 5.17. The van der Waals surface area contributed by atoms with Gasteiger partial charge in [0.25, 0.3) is 5.91 Å². The van der Waals surface area contributed by atoms with Crippen LogP contribution >= 0.6 is 0 Å². The van der Waals surface area contributed by atoms with Gasteiger partial charge in [-0.3, -0.25) is 9.69 Å². The second-order valence-electron chi connectivity index (χ2n) is 10.5. The van der Waals surface area contributed by atoms with E-state index in [1.165, 1.54) is 14.0 Å². The van der Waals surface area contributed by atoms with Crippen LogP contribution in [-0.4, -0.2) is 82.4 Å². The first-order valence-electron chi connectivity index (χ1n) is 13.8. The predicted molar refractivity (Wildman–Crippen MR) is 156 cm³/mol. The Balaban J connectivity index is 1.70. The zero-order chi connectivity index (χ0) is 31.5. The SMILES string of the molecule is COc1ccc(-c2nc3c(C(=O)N(CCN(C)C(CO)c4ccccc4OC)C(C)C)cnn3c(C(F)(F)F)c2C)cc1. The molecule has 4 rings (SSSR count). The summed E-state index contributed by atoms with van der Waals surface area (Å²) in [5, 5.41) is 14.2. The number of halogens is 3. The summed E-state index contributed by atoms with van der Waals surface area (Å²) < 4.78 is 54.4. The first-order valence-corrected chi connectivity index (χ1v) is 13.8. The van der Waals surface area contributed by atoms with E-state index in [2.05, 4.69) is 10.1 Å². The molecule has 1 amide bonds. The number of ether oxygens (including phenoxy) is 2. The predicted octanol–water partition coefficient (Wildman–Crippen LogP) is 5.26. The van der Waals surface area contributed by atoms with Crippen molar-refractivity contribution in [3.05, 3.63) is 77.1 Å². The largest absolute Gasteiger partial charge is 0.497 e. The number of hydrogen-bond acceptors (Lipinski definition) is 7. The van der Waals surface area contributed by atoms with Gasteiger partial charge in [0, 0.05) is 35.8 Å². The lowest BCUT2D eigenvalue weighted by Gasteiger charge is -2.32. The summed E-state index contributed by atoms with van der Waals surface area (Å²) in [6.45, 7) is 5.42. The molecule has 2 heterocycles. The van der Waals surface area contributed by atoms with E-state index in [-0.39, 0.29) is 41.7 Å². The fourth-order valence-electron chi connectivity index (χ4n) is 5.17. The van der Waals surface area contributed by atoms with Crippen LogP contribution in [0.15, 0.2) is 54.7 Å². The third-order valence-corrected chi connectivity index (χ3v) is 7.53. The standard InChI is InChI=1S/C31H36F3N5O4/c1-19(2)38(16-15-37(4)25(18-40)23-9-7-8-10-26(23)43-6)30(41)24-17-35-39-28(31(32,33)34)20(3)27(36-29(24)39)21-11-13-22(42-5)14-12-21/h7-14,17,19,25,40H,15-16,18H2,1-6H3. The Bertz CT molecular complexity index is 1570. The van der Waals surface area contributed by atoms with Crippen LogP contribution in [0.1, 0.15) is 47.1 Å². The van der Waals surface area contributed by atoms with Crippen LogP contribution in [-0.2, 0) is 6.18 Å². The van der Waals surface area contributed by atoms with Gasteiger partial charge in [0.2, 0.25) is 0 Å². The van der Waals surface area contributed by atoms with E-state index in [9.17, 15) is 23.1 Å². The number of alkyl halides is 3. The summed E-state index contributed by atoms with van der Waals surface area (Å²) in [5.74, 6) is 0.679. The molecule has 0 saturated heterocycles. The molecule has 0 aliphatic carbocycles. The van der Waals surface area contributed by atoms with Crippen molar-refractivity contribution in [2.75, 3.05) is 41.0 Å². The van der Waals surface area contributed by atoms with Crippen LogP contribution in [0.3, 0.4) is 0 Å². The number of amides is 1. The number of aliphatic hydroxyl groups excluding tert-OH is 1. The van der Waals surface area contributed by atoms with Gasteiger partial charge >= 0.3 is 6.18 Å². The number of carbonyl (C=O) groups is 1. The summed E-state index contributed by atoms with van der Waals surface area (Å²) in [7, 11) is 4.88. The lowest BCUT2D eigenvalue weighted by Crippen LogP contribution is -2.43. The molecule has 2 aromatic carbocycles. The second kappa shape index (κ2) is 13.0. The highest BCUT2D eigenvalue weighted by Crippen LogP contribution is 2.37. The van der Waals surface area contributed by atoms with Gasteiger partial charge in [-0.2, -0.15) is 18.3 Å². The van der Waals surface area contributed by atoms with Gasteiger partial charge in [0.05, 0.1) is 38.8 Å². The van der Waals surface area contributed by atoms with Crippen LogP contribution in [0.5, 0.6) is 11.5 Å². The number of likely N-dealkylation sites (N-methyl/N-ethyl adjacent to an activating group) is 1. The maximum absolute atomic E-state index is 14.4. The number of aromatic nitrogens is 3. The first kappa shape index (κ1) is 31.8. The Hall–Kier alpha value is -4.16. The molecule has 12 heteroatoms. The Morgan fingerprint density at radius 2 is 1.72 bits per heavy atom. The van der Waals surface area contributed by atoms with Crippen LogP contribution in [0.25, 0.3) is 16.9 Å². The molecule has 4 aromatic rings. The molecule has 1 unspecified atom stereocenters. The molecular weight excluding hydrogens is 563 g/mol. The first-order chi connectivity index (χ1) is 20.4. The van der Waals surface area contributed by atoms with Gasteiger partial charge in [-0.25, -0.2) is 9.50 Å². The summed E-state index contributed by atoms with van der Waals surface area (Å²) in [6, 6.07) is 13.2. The van der Waals surface area contributed by atoms with E-state index >= 15 is 0 Å². The number of benzene rings is 2. The summed E-state index contributed by atoms with van der Waals surface area (Å²) >= 11 is 0. The number of hydrogen-bond donors (Lipinski definition) is 1. The molecule has 230 valence electrons. The van der Waals surface area contributed by atoms with Crippen LogP contribution in [0.4, 0.5) is 13.2 Å². The molecule has 9 nitrogen and oxygen atoms in total. The molecule has 0 aliphatic heterocycles. The van der Waals surface area contributed by atoms with Gasteiger partial charge in [0.15, 0.2) is 11.3 Å². The molecule has 0 fully saturated rings. The number of carbonyl (C=O) groups excluding carboxylic acids is 1. The Kier molecular flexibility index (Phi) is 9.61. The number of aliphatic hydroxyl groups is 1. The summed E-state index contributed by atoms with van der Waals surface area (Å²) in [5.41, 5.74) is -0.00251. The van der Waals surface area contributed by atoms with Gasteiger partial charge in [0.1, 0.15) is 17.1 Å². The maximum atomic E-state index is 14.4. The third-order valence-electron chi connectivity index (χ3n) is 7.53. The van der Waals surface area contributed by atoms with Crippen LogP contribution in [0.2, 0.25) is 0 Å². The Morgan fingerprint density at radius 1 is 1.05 bits per heavy atom. The summed E-state index contributed by atoms with van der Waals surface area (Å²) in [4.78, 5) is 21.9. The highest BCUT2D eigenvalue weighted by atomic mass is 19.4. The van der Waals surface area contributed by atoms with E-state index in [0.29, 0.717) is 28.1 Å². The zero-order valence-corrected chi connectivity index (χ0v) is 25.0. The lowest BCUT2D eigenvalue weighted by molar-refractivity contribution is -0.143. The van der Waals surface area contributed by atoms with E-state index < -0.39 is 23.8 Å². The molecule has 0 bridgehead atoms. The van der Waals surface area contributed by atoms with E-state index in [4.69, 9.17) is 9.47 Å². The molecule has 0 spiro atoms. The lowest BCUT2D eigenvalue weighted by atomic mass is 10.0. The van der Waals surface area contributed by atoms with Gasteiger partial charge in [-0.1, -0.05) is 18.2 Å². The molecule has 2 aromatic heterocycles. The van der Waals surface area contributed by atoms with Crippen molar-refractivity contribution in [3.63, 3.8) is 0 Å². The molecule has 43 heavy (non-hydrogen) atoms. The minimum absolute atomic E-state index is 0.0416. The van der Waals surface area contributed by atoms with Gasteiger partial charge in [-0.15, -0.1) is 0 Å². The van der Waals surface area contributed by atoms with Crippen molar-refractivity contribution >= 4 is 11.6 Å². The molecule has 1 atom stereocenters. The van der Waals surface area contributed by atoms with Crippen LogP contribution < -0.4 is 9.47 Å². The summed E-state index contributed by atoms with van der Waals surface area (Å²) in [6.07, 6.45) is -3.61. The van der Waals surface area contributed by atoms with E-state index in [1.807, 2.05) is 50.1 Å². The van der Waals surface area contributed by atoms with Crippen molar-refractivity contribution in [2.24, 2.45) is 0 Å². The average Bonchev–Trinajstić information content (AvgIpc) is 3.39. The van der Waals surface area contributed by atoms with Crippen molar-refractivity contribution in [2.45, 2.75) is 39.0 Å². The number of para-hydroxylation sites is 1. The molecule has 0 radical (unpaired) electrons. The fraction of sp³-hybridized carbons (Fsp3) is 0.387. The molecule has 1 N–H and O–H groups in total. The Morgan fingerprint density at radius 3 is 2.30 bits per heavy atom. The highest BCUT2D eigenvalue weighted by Gasteiger charge is 2.39. The molecular formula is C31H36F3N5O4. The zero-order valence-electron chi connectivity index (χ0n) is 25.0. The topological polar surface area (TPSA) is 92.4 Å². The van der Waals surface area contributed by atoms with Gasteiger partial charge < -0.3 is 19.5 Å². The number of rotatable bonds is 11. The Labute approximate surface area is 248 Å². The second-order valence-corrected chi connectivity index (χ2v) is 10.5. The average molecular weight is 600 g/mol.